The molecule has 1 fully saturated rings. The van der Waals surface area contributed by atoms with Crippen LogP contribution in [0.4, 0.5) is 5.82 Å². The molecule has 0 aliphatic heterocycles. The van der Waals surface area contributed by atoms with Crippen LogP contribution in [0.3, 0.4) is 0 Å². The molecule has 1 aromatic carbocycles. The van der Waals surface area contributed by atoms with Crippen molar-refractivity contribution in [2.45, 2.75) is 44.0 Å². The van der Waals surface area contributed by atoms with E-state index in [9.17, 15) is 8.42 Å². The molecule has 0 unspecified atom stereocenters. The fraction of sp³-hybridized carbons (Fsp3) is 0.400. The molecule has 2 aromatic rings. The molecule has 0 saturated heterocycles. The highest BCUT2D eigenvalue weighted by Gasteiger charge is 2.28. The summed E-state index contributed by atoms with van der Waals surface area (Å²) in [5.74, 6) is 0.908. The minimum absolute atomic E-state index is 0.0119. The standard InChI is InChI=1S/C15H17Cl2N3O2S/c1-3-20-15(8-13(18-20)10-4-5-10)19-23(21,22)14-6-9(2)11(16)7-12(14)17/h6-8,10,19H,3-5H2,1-2H3. The van der Waals surface area contributed by atoms with Crippen LogP contribution in [0.1, 0.15) is 36.9 Å². The van der Waals surface area contributed by atoms with Gasteiger partial charge in [0.1, 0.15) is 10.7 Å². The van der Waals surface area contributed by atoms with Gasteiger partial charge in [0.25, 0.3) is 10.0 Å². The molecule has 1 heterocycles. The van der Waals surface area contributed by atoms with E-state index in [1.807, 2.05) is 6.92 Å². The number of benzene rings is 1. The topological polar surface area (TPSA) is 64.0 Å². The SMILES string of the molecule is CCn1nc(C2CC2)cc1NS(=O)(=O)c1cc(C)c(Cl)cc1Cl. The van der Waals surface area contributed by atoms with E-state index < -0.39 is 10.0 Å². The Labute approximate surface area is 145 Å². The summed E-state index contributed by atoms with van der Waals surface area (Å²) >= 11 is 12.0. The molecule has 1 aliphatic rings. The molecular weight excluding hydrogens is 357 g/mol. The largest absolute Gasteiger partial charge is 0.264 e. The predicted octanol–water partition coefficient (Wildman–Crippen LogP) is 4.20. The van der Waals surface area contributed by atoms with Crippen LogP contribution >= 0.6 is 23.2 Å². The van der Waals surface area contributed by atoms with Crippen molar-refractivity contribution in [3.05, 3.63) is 39.5 Å². The van der Waals surface area contributed by atoms with Crippen molar-refractivity contribution in [2.24, 2.45) is 0 Å². The van der Waals surface area contributed by atoms with E-state index in [1.165, 1.54) is 12.1 Å². The Balaban J connectivity index is 1.97. The maximum Gasteiger partial charge on any atom is 0.264 e. The van der Waals surface area contributed by atoms with Crippen LogP contribution < -0.4 is 4.72 Å². The molecule has 3 rings (SSSR count). The first-order valence-electron chi connectivity index (χ1n) is 7.38. The number of hydrogen-bond donors (Lipinski definition) is 1. The van der Waals surface area contributed by atoms with E-state index in [-0.39, 0.29) is 9.92 Å². The van der Waals surface area contributed by atoms with Crippen LogP contribution in [-0.4, -0.2) is 18.2 Å². The van der Waals surface area contributed by atoms with Crippen molar-refractivity contribution < 1.29 is 8.42 Å². The van der Waals surface area contributed by atoms with Crippen molar-refractivity contribution in [1.29, 1.82) is 0 Å². The minimum Gasteiger partial charge on any atom is -0.264 e. The molecule has 124 valence electrons. The van der Waals surface area contributed by atoms with Gasteiger partial charge in [0, 0.05) is 23.6 Å². The Hall–Kier alpha value is -1.24. The quantitative estimate of drug-likeness (QED) is 0.853. The number of rotatable bonds is 5. The third-order valence-electron chi connectivity index (χ3n) is 3.84. The number of nitrogens with zero attached hydrogens (tertiary/aromatic N) is 2. The van der Waals surface area contributed by atoms with Gasteiger partial charge in [-0.1, -0.05) is 23.2 Å². The monoisotopic (exact) mass is 373 g/mol. The lowest BCUT2D eigenvalue weighted by atomic mass is 10.2. The Morgan fingerprint density at radius 1 is 1.26 bits per heavy atom. The Bertz CT molecular complexity index is 858. The summed E-state index contributed by atoms with van der Waals surface area (Å²) in [7, 11) is -3.81. The zero-order chi connectivity index (χ0) is 16.8. The van der Waals surface area contributed by atoms with Crippen LogP contribution in [0.25, 0.3) is 0 Å². The van der Waals surface area contributed by atoms with Gasteiger partial charge in [-0.2, -0.15) is 5.10 Å². The molecule has 8 heteroatoms. The van der Waals surface area contributed by atoms with E-state index in [1.54, 1.807) is 17.7 Å². The van der Waals surface area contributed by atoms with Gasteiger partial charge in [-0.05, 0) is 44.4 Å². The van der Waals surface area contributed by atoms with Gasteiger partial charge in [-0.3, -0.25) is 4.72 Å². The second-order valence-corrected chi connectivity index (χ2v) is 8.15. The predicted molar refractivity (Wildman–Crippen MR) is 91.9 cm³/mol. The van der Waals surface area contributed by atoms with Crippen molar-refractivity contribution >= 4 is 39.0 Å². The fourth-order valence-electron chi connectivity index (χ4n) is 2.37. The van der Waals surface area contributed by atoms with Gasteiger partial charge in [0.05, 0.1) is 10.7 Å². The van der Waals surface area contributed by atoms with E-state index in [0.717, 1.165) is 18.5 Å². The molecule has 0 atom stereocenters. The lowest BCUT2D eigenvalue weighted by Gasteiger charge is -2.11. The Kier molecular flexibility index (Phi) is 4.33. The molecule has 1 aliphatic carbocycles. The molecule has 0 bridgehead atoms. The Morgan fingerprint density at radius 3 is 2.57 bits per heavy atom. The number of nitrogens with one attached hydrogen (secondary N) is 1. The number of sulfonamides is 1. The number of aryl methyl sites for hydroxylation is 2. The fourth-order valence-corrected chi connectivity index (χ4v) is 4.25. The van der Waals surface area contributed by atoms with Crippen LogP contribution in [0.5, 0.6) is 0 Å². The van der Waals surface area contributed by atoms with Crippen LogP contribution in [0.2, 0.25) is 10.0 Å². The molecule has 0 spiro atoms. The van der Waals surface area contributed by atoms with Crippen molar-refractivity contribution in [2.75, 3.05) is 4.72 Å². The lowest BCUT2D eigenvalue weighted by Crippen LogP contribution is -2.16. The summed E-state index contributed by atoms with van der Waals surface area (Å²) in [5, 5.41) is 4.99. The number of halogens is 2. The third-order valence-corrected chi connectivity index (χ3v) is 6.06. The smallest absolute Gasteiger partial charge is 0.264 e. The maximum absolute atomic E-state index is 12.7. The average Bonchev–Trinajstić information content (AvgIpc) is 3.25. The van der Waals surface area contributed by atoms with Gasteiger partial charge in [-0.15, -0.1) is 0 Å². The van der Waals surface area contributed by atoms with Crippen LogP contribution in [-0.2, 0) is 16.6 Å². The highest BCUT2D eigenvalue weighted by Crippen LogP contribution is 2.40. The van der Waals surface area contributed by atoms with E-state index in [2.05, 4.69) is 9.82 Å². The van der Waals surface area contributed by atoms with Gasteiger partial charge < -0.3 is 0 Å². The molecule has 23 heavy (non-hydrogen) atoms. The third kappa shape index (κ3) is 3.34. The molecule has 1 saturated carbocycles. The van der Waals surface area contributed by atoms with Crippen molar-refractivity contribution in [3.8, 4) is 0 Å². The van der Waals surface area contributed by atoms with Gasteiger partial charge >= 0.3 is 0 Å². The Morgan fingerprint density at radius 2 is 1.96 bits per heavy atom. The average molecular weight is 374 g/mol. The molecule has 1 aromatic heterocycles. The van der Waals surface area contributed by atoms with E-state index in [0.29, 0.717) is 28.9 Å². The van der Waals surface area contributed by atoms with Crippen LogP contribution in [0, 0.1) is 6.92 Å². The van der Waals surface area contributed by atoms with Crippen molar-refractivity contribution in [1.82, 2.24) is 9.78 Å². The first-order valence-corrected chi connectivity index (χ1v) is 9.62. The van der Waals surface area contributed by atoms with Crippen LogP contribution in [0.15, 0.2) is 23.1 Å². The summed E-state index contributed by atoms with van der Waals surface area (Å²) in [4.78, 5) is 0.0119. The minimum atomic E-state index is -3.81. The van der Waals surface area contributed by atoms with Gasteiger partial charge in [0.15, 0.2) is 0 Å². The summed E-state index contributed by atoms with van der Waals surface area (Å²) in [6.45, 7) is 4.23. The second kappa shape index (κ2) is 6.00. The molecule has 0 radical (unpaired) electrons. The summed E-state index contributed by atoms with van der Waals surface area (Å²) in [6.07, 6.45) is 2.21. The first kappa shape index (κ1) is 16.6. The summed E-state index contributed by atoms with van der Waals surface area (Å²) in [6, 6.07) is 4.72. The highest BCUT2D eigenvalue weighted by molar-refractivity contribution is 7.92. The molecular formula is C15H17Cl2N3O2S. The molecule has 0 amide bonds. The normalized spacial score (nSPS) is 15.0. The zero-order valence-corrected chi connectivity index (χ0v) is 15.1. The zero-order valence-electron chi connectivity index (χ0n) is 12.8. The lowest BCUT2D eigenvalue weighted by molar-refractivity contribution is 0.598. The number of hydrogen-bond acceptors (Lipinski definition) is 3. The van der Waals surface area contributed by atoms with E-state index >= 15 is 0 Å². The highest BCUT2D eigenvalue weighted by atomic mass is 35.5. The second-order valence-electron chi connectivity index (χ2n) is 5.68. The van der Waals surface area contributed by atoms with E-state index in [4.69, 9.17) is 23.2 Å². The van der Waals surface area contributed by atoms with Gasteiger partial charge in [-0.25, -0.2) is 13.1 Å². The molecule has 5 nitrogen and oxygen atoms in total. The summed E-state index contributed by atoms with van der Waals surface area (Å²) in [5.41, 5.74) is 1.59. The van der Waals surface area contributed by atoms with Crippen molar-refractivity contribution in [3.63, 3.8) is 0 Å². The van der Waals surface area contributed by atoms with Gasteiger partial charge in [0.2, 0.25) is 0 Å². The first-order chi connectivity index (χ1) is 10.8. The molecule has 1 N–H and O–H groups in total. The number of anilines is 1. The number of aromatic nitrogens is 2. The summed E-state index contributed by atoms with van der Waals surface area (Å²) < 4.78 is 29.6. The maximum atomic E-state index is 12.7.